The van der Waals surface area contributed by atoms with Crippen molar-refractivity contribution in [3.63, 3.8) is 0 Å². The number of carbonyl (C=O) groups excluding carboxylic acids is 2. The number of nitrogens with zero attached hydrogens (tertiary/aromatic N) is 1. The molecule has 1 aliphatic carbocycles. The monoisotopic (exact) mass is 402 g/mol. The van der Waals surface area contributed by atoms with Crippen LogP contribution in [-0.2, 0) is 0 Å². The van der Waals surface area contributed by atoms with Gasteiger partial charge in [0.1, 0.15) is 0 Å². The third kappa shape index (κ3) is 3.30. The maximum atomic E-state index is 12.9. The summed E-state index contributed by atoms with van der Waals surface area (Å²) < 4.78 is 0. The van der Waals surface area contributed by atoms with Gasteiger partial charge in [0.25, 0.3) is 5.91 Å². The Labute approximate surface area is 174 Å². The average Bonchev–Trinajstić information content (AvgIpc) is 3.51. The molecule has 1 amide bonds. The normalized spacial score (nSPS) is 16.5. The summed E-state index contributed by atoms with van der Waals surface area (Å²) in [6.45, 7) is 2.72. The molecule has 3 aromatic rings. The van der Waals surface area contributed by atoms with E-state index in [0.717, 1.165) is 24.2 Å². The molecule has 1 aliphatic heterocycles. The molecule has 1 aromatic heterocycles. The van der Waals surface area contributed by atoms with Crippen LogP contribution in [0.5, 0.6) is 0 Å². The first-order valence-electron chi connectivity index (χ1n) is 10.1. The molecular formula is C24H22N2O2S. The minimum atomic E-state index is -0.127. The molecule has 2 heterocycles. The van der Waals surface area contributed by atoms with E-state index in [1.807, 2.05) is 36.4 Å². The molecule has 0 bridgehead atoms. The van der Waals surface area contributed by atoms with Crippen molar-refractivity contribution in [3.05, 3.63) is 81.5 Å². The number of nitrogens with one attached hydrogen (secondary N) is 1. The van der Waals surface area contributed by atoms with Gasteiger partial charge in [-0.3, -0.25) is 14.5 Å². The highest BCUT2D eigenvalue weighted by atomic mass is 32.1. The largest absolute Gasteiger partial charge is 0.350 e. The van der Waals surface area contributed by atoms with E-state index in [9.17, 15) is 9.59 Å². The molecule has 0 saturated carbocycles. The first-order chi connectivity index (χ1) is 14.2. The Bertz CT molecular complexity index is 1070. The zero-order valence-electron chi connectivity index (χ0n) is 16.1. The summed E-state index contributed by atoms with van der Waals surface area (Å²) in [6, 6.07) is 17.5. The van der Waals surface area contributed by atoms with Crippen LogP contribution >= 0.6 is 11.3 Å². The minimum absolute atomic E-state index is 0.00113. The van der Waals surface area contributed by atoms with Crippen molar-refractivity contribution in [2.75, 3.05) is 19.6 Å². The van der Waals surface area contributed by atoms with Crippen molar-refractivity contribution < 1.29 is 9.59 Å². The van der Waals surface area contributed by atoms with Crippen molar-refractivity contribution in [1.29, 1.82) is 0 Å². The van der Waals surface area contributed by atoms with E-state index in [4.69, 9.17) is 0 Å². The maximum Gasteiger partial charge on any atom is 0.251 e. The van der Waals surface area contributed by atoms with Gasteiger partial charge in [0.15, 0.2) is 5.78 Å². The van der Waals surface area contributed by atoms with E-state index < -0.39 is 0 Å². The number of hydrogen-bond acceptors (Lipinski definition) is 4. The number of likely N-dealkylation sites (tertiary alicyclic amines) is 1. The highest BCUT2D eigenvalue weighted by molar-refractivity contribution is 7.10. The smallest absolute Gasteiger partial charge is 0.251 e. The molecule has 1 atom stereocenters. The molecule has 4 nitrogen and oxygen atoms in total. The van der Waals surface area contributed by atoms with E-state index in [1.54, 1.807) is 17.4 Å². The zero-order valence-corrected chi connectivity index (χ0v) is 16.9. The van der Waals surface area contributed by atoms with Crippen LogP contribution in [0, 0.1) is 0 Å². The van der Waals surface area contributed by atoms with Crippen LogP contribution in [0.3, 0.4) is 0 Å². The van der Waals surface area contributed by atoms with E-state index in [-0.39, 0.29) is 17.7 Å². The highest BCUT2D eigenvalue weighted by Crippen LogP contribution is 2.36. The Balaban J connectivity index is 1.34. The Morgan fingerprint density at radius 3 is 2.48 bits per heavy atom. The maximum absolute atomic E-state index is 12.9. The first-order valence-corrected chi connectivity index (χ1v) is 10.9. The van der Waals surface area contributed by atoms with Crippen molar-refractivity contribution in [3.8, 4) is 11.1 Å². The molecule has 0 radical (unpaired) electrons. The van der Waals surface area contributed by atoms with Crippen molar-refractivity contribution in [1.82, 2.24) is 10.2 Å². The second kappa shape index (κ2) is 7.58. The van der Waals surface area contributed by atoms with Crippen molar-refractivity contribution in [2.24, 2.45) is 0 Å². The lowest BCUT2D eigenvalue weighted by Gasteiger charge is -2.27. The van der Waals surface area contributed by atoms with Crippen LogP contribution in [0.15, 0.2) is 60.0 Å². The van der Waals surface area contributed by atoms with Crippen LogP contribution < -0.4 is 5.32 Å². The molecule has 2 aliphatic rings. The molecule has 1 saturated heterocycles. The number of amides is 1. The third-order valence-corrected chi connectivity index (χ3v) is 6.87. The van der Waals surface area contributed by atoms with Crippen LogP contribution in [0.2, 0.25) is 0 Å². The summed E-state index contributed by atoms with van der Waals surface area (Å²) in [5.41, 5.74) is 3.73. The van der Waals surface area contributed by atoms with Gasteiger partial charge in [0.05, 0.1) is 6.04 Å². The summed E-state index contributed by atoms with van der Waals surface area (Å²) in [7, 11) is 0. The SMILES string of the molecule is O=C(NC[C@@H](c1cccs1)N1CCCC1)c1ccc2c(c1)C(=O)c1ccccc1-2. The minimum Gasteiger partial charge on any atom is -0.350 e. The van der Waals surface area contributed by atoms with Gasteiger partial charge in [-0.25, -0.2) is 0 Å². The molecule has 2 aromatic carbocycles. The van der Waals surface area contributed by atoms with Crippen molar-refractivity contribution >= 4 is 23.0 Å². The number of fused-ring (bicyclic) bond motifs is 3. The Morgan fingerprint density at radius 2 is 1.72 bits per heavy atom. The molecule has 1 fully saturated rings. The van der Waals surface area contributed by atoms with Crippen LogP contribution in [0.4, 0.5) is 0 Å². The second-order valence-corrected chi connectivity index (χ2v) is 8.60. The highest BCUT2D eigenvalue weighted by Gasteiger charge is 2.28. The van der Waals surface area contributed by atoms with Crippen LogP contribution in [-0.4, -0.2) is 36.2 Å². The standard InChI is InChI=1S/C24H22N2O2S/c27-23-19-7-2-1-6-17(19)18-10-9-16(14-20(18)23)24(28)25-15-21(22-8-5-13-29-22)26-11-3-4-12-26/h1-2,5-10,13-14,21H,3-4,11-12,15H2,(H,25,28)/t21-/m0/s1. The van der Waals surface area contributed by atoms with E-state index >= 15 is 0 Å². The van der Waals surface area contributed by atoms with Gasteiger partial charge in [-0.1, -0.05) is 36.4 Å². The van der Waals surface area contributed by atoms with Crippen LogP contribution in [0.25, 0.3) is 11.1 Å². The quantitative estimate of drug-likeness (QED) is 0.534. The number of ketones is 1. The van der Waals surface area contributed by atoms with Gasteiger partial charge in [-0.2, -0.15) is 0 Å². The number of rotatable bonds is 5. The predicted molar refractivity (Wildman–Crippen MR) is 116 cm³/mol. The topological polar surface area (TPSA) is 49.4 Å². The van der Waals surface area contributed by atoms with E-state index in [1.165, 1.54) is 17.7 Å². The van der Waals surface area contributed by atoms with Gasteiger partial charge in [0.2, 0.25) is 0 Å². The predicted octanol–water partition coefficient (Wildman–Crippen LogP) is 4.53. The lowest BCUT2D eigenvalue weighted by Crippen LogP contribution is -2.36. The van der Waals surface area contributed by atoms with Gasteiger partial charge in [-0.05, 0) is 60.6 Å². The number of thiophene rings is 1. The van der Waals surface area contributed by atoms with Gasteiger partial charge in [-0.15, -0.1) is 11.3 Å². The number of benzene rings is 2. The molecule has 5 rings (SSSR count). The fourth-order valence-electron chi connectivity index (χ4n) is 4.40. The number of hydrogen-bond donors (Lipinski definition) is 1. The third-order valence-electron chi connectivity index (χ3n) is 5.90. The summed E-state index contributed by atoms with van der Waals surface area (Å²) in [6.07, 6.45) is 2.42. The average molecular weight is 403 g/mol. The van der Waals surface area contributed by atoms with Gasteiger partial charge < -0.3 is 5.32 Å². The molecular weight excluding hydrogens is 380 g/mol. The molecule has 0 unspecified atom stereocenters. The molecule has 1 N–H and O–H groups in total. The first kappa shape index (κ1) is 18.3. The Morgan fingerprint density at radius 1 is 0.966 bits per heavy atom. The van der Waals surface area contributed by atoms with Crippen molar-refractivity contribution in [2.45, 2.75) is 18.9 Å². The Kier molecular flexibility index (Phi) is 4.78. The van der Waals surface area contributed by atoms with E-state index in [2.05, 4.69) is 27.7 Å². The summed E-state index contributed by atoms with van der Waals surface area (Å²) in [5, 5.41) is 5.19. The Hall–Kier alpha value is -2.76. The molecule has 5 heteroatoms. The summed E-state index contributed by atoms with van der Waals surface area (Å²) in [4.78, 5) is 29.3. The lowest BCUT2D eigenvalue weighted by molar-refractivity contribution is 0.0938. The van der Waals surface area contributed by atoms with Gasteiger partial charge >= 0.3 is 0 Å². The number of carbonyl (C=O) groups is 2. The fourth-order valence-corrected chi connectivity index (χ4v) is 5.27. The molecule has 146 valence electrons. The zero-order chi connectivity index (χ0) is 19.8. The summed E-state index contributed by atoms with van der Waals surface area (Å²) >= 11 is 1.74. The van der Waals surface area contributed by atoms with Crippen LogP contribution in [0.1, 0.15) is 50.0 Å². The summed E-state index contributed by atoms with van der Waals surface area (Å²) in [5.74, 6) is -0.129. The van der Waals surface area contributed by atoms with E-state index in [0.29, 0.717) is 23.2 Å². The lowest BCUT2D eigenvalue weighted by atomic mass is 10.0. The second-order valence-electron chi connectivity index (χ2n) is 7.62. The molecule has 29 heavy (non-hydrogen) atoms. The molecule has 0 spiro atoms. The fraction of sp³-hybridized carbons (Fsp3) is 0.250. The van der Waals surface area contributed by atoms with Gasteiger partial charge in [0, 0.05) is 28.1 Å².